The minimum Gasteiger partial charge on any atom is -0.383 e. The molecule has 4 heteroatoms. The van der Waals surface area contributed by atoms with Crippen molar-refractivity contribution in [1.82, 2.24) is 5.32 Å². The third-order valence-corrected chi connectivity index (χ3v) is 3.75. The van der Waals surface area contributed by atoms with Crippen LogP contribution in [-0.4, -0.2) is 26.0 Å². The maximum atomic E-state index is 4.98. The van der Waals surface area contributed by atoms with E-state index in [1.807, 2.05) is 11.8 Å². The van der Waals surface area contributed by atoms with Gasteiger partial charge >= 0.3 is 0 Å². The molecule has 1 rings (SSSR count). The van der Waals surface area contributed by atoms with Crippen molar-refractivity contribution in [2.45, 2.75) is 18.4 Å². The van der Waals surface area contributed by atoms with Crippen LogP contribution in [0.3, 0.4) is 0 Å². The Morgan fingerprint density at radius 1 is 1.44 bits per heavy atom. The zero-order chi connectivity index (χ0) is 11.8. The predicted molar refractivity (Wildman–Crippen MR) is 74.1 cm³/mol. The summed E-state index contributed by atoms with van der Waals surface area (Å²) < 4.78 is 6.16. The number of nitrogens with one attached hydrogen (secondary N) is 1. The maximum Gasteiger partial charge on any atom is 0.0587 e. The third-order valence-electron chi connectivity index (χ3n) is 2.13. The first-order valence-corrected chi connectivity index (χ1v) is 7.16. The lowest BCUT2D eigenvalue weighted by atomic mass is 10.2. The fourth-order valence-corrected chi connectivity index (χ4v) is 2.69. The highest BCUT2D eigenvalue weighted by atomic mass is 79.9. The second-order valence-corrected chi connectivity index (χ2v) is 5.55. The van der Waals surface area contributed by atoms with Crippen molar-refractivity contribution in [3.8, 4) is 0 Å². The van der Waals surface area contributed by atoms with E-state index in [0.29, 0.717) is 0 Å². The lowest BCUT2D eigenvalue weighted by Gasteiger charge is -2.08. The van der Waals surface area contributed by atoms with E-state index >= 15 is 0 Å². The van der Waals surface area contributed by atoms with Gasteiger partial charge < -0.3 is 10.1 Å². The second-order valence-electron chi connectivity index (χ2n) is 3.36. The molecule has 0 aliphatic carbocycles. The Morgan fingerprint density at radius 3 is 2.88 bits per heavy atom. The van der Waals surface area contributed by atoms with Gasteiger partial charge in [0.2, 0.25) is 0 Å². The highest BCUT2D eigenvalue weighted by Crippen LogP contribution is 2.25. The van der Waals surface area contributed by atoms with Gasteiger partial charge in [-0.15, -0.1) is 11.8 Å². The maximum absolute atomic E-state index is 4.98. The van der Waals surface area contributed by atoms with Crippen LogP contribution in [0.4, 0.5) is 0 Å². The van der Waals surface area contributed by atoms with Crippen LogP contribution in [0.1, 0.15) is 12.5 Å². The van der Waals surface area contributed by atoms with E-state index in [1.165, 1.54) is 14.9 Å². The zero-order valence-electron chi connectivity index (χ0n) is 9.75. The zero-order valence-corrected chi connectivity index (χ0v) is 12.2. The van der Waals surface area contributed by atoms with Crippen LogP contribution < -0.4 is 5.32 Å². The van der Waals surface area contributed by atoms with Gasteiger partial charge in [-0.2, -0.15) is 0 Å². The van der Waals surface area contributed by atoms with Crippen molar-refractivity contribution in [3.05, 3.63) is 28.2 Å². The summed E-state index contributed by atoms with van der Waals surface area (Å²) >= 11 is 5.46. The Balaban J connectivity index is 2.47. The summed E-state index contributed by atoms with van der Waals surface area (Å²) in [6.07, 6.45) is 0. The number of benzene rings is 1. The number of hydrogen-bond donors (Lipinski definition) is 1. The Bertz CT molecular complexity index is 320. The quantitative estimate of drug-likeness (QED) is 0.617. The van der Waals surface area contributed by atoms with E-state index in [9.17, 15) is 0 Å². The number of rotatable bonds is 7. The number of halogens is 1. The first-order chi connectivity index (χ1) is 7.77. The van der Waals surface area contributed by atoms with Gasteiger partial charge in [-0.25, -0.2) is 0 Å². The number of ether oxygens (including phenoxy) is 1. The molecular formula is C12H18BrNOS. The summed E-state index contributed by atoms with van der Waals surface area (Å²) in [5, 5.41) is 3.33. The molecule has 0 bridgehead atoms. The Hall–Kier alpha value is -0.0300. The molecule has 1 N–H and O–H groups in total. The van der Waals surface area contributed by atoms with E-state index in [2.05, 4.69) is 46.4 Å². The first kappa shape index (κ1) is 14.0. The third kappa shape index (κ3) is 4.87. The molecule has 0 saturated carbocycles. The molecule has 16 heavy (non-hydrogen) atoms. The fraction of sp³-hybridized carbons (Fsp3) is 0.500. The van der Waals surface area contributed by atoms with Crippen LogP contribution in [0.25, 0.3) is 0 Å². The van der Waals surface area contributed by atoms with Crippen molar-refractivity contribution < 1.29 is 4.74 Å². The molecule has 0 aliphatic heterocycles. The van der Waals surface area contributed by atoms with Crippen molar-refractivity contribution in [1.29, 1.82) is 0 Å². The minimum atomic E-state index is 0.751. The van der Waals surface area contributed by atoms with E-state index in [4.69, 9.17) is 4.74 Å². The van der Waals surface area contributed by atoms with Gasteiger partial charge in [0.05, 0.1) is 6.61 Å². The van der Waals surface area contributed by atoms with Crippen LogP contribution in [0, 0.1) is 0 Å². The number of hydrogen-bond acceptors (Lipinski definition) is 3. The van der Waals surface area contributed by atoms with E-state index < -0.39 is 0 Å². The van der Waals surface area contributed by atoms with Gasteiger partial charge in [-0.05, 0) is 23.4 Å². The Morgan fingerprint density at radius 2 is 2.25 bits per heavy atom. The topological polar surface area (TPSA) is 21.3 Å². The second kappa shape index (κ2) is 8.12. The summed E-state index contributed by atoms with van der Waals surface area (Å²) in [7, 11) is 1.72. The summed E-state index contributed by atoms with van der Waals surface area (Å²) in [6.45, 7) is 4.68. The first-order valence-electron chi connectivity index (χ1n) is 5.38. The average Bonchev–Trinajstić information content (AvgIpc) is 2.27. The Labute approximate surface area is 110 Å². The summed E-state index contributed by atoms with van der Waals surface area (Å²) in [6, 6.07) is 6.52. The molecule has 0 spiro atoms. The smallest absolute Gasteiger partial charge is 0.0587 e. The summed E-state index contributed by atoms with van der Waals surface area (Å²) in [5.41, 5.74) is 1.29. The van der Waals surface area contributed by atoms with Crippen molar-refractivity contribution >= 4 is 27.7 Å². The average molecular weight is 304 g/mol. The molecule has 0 heterocycles. The lowest BCUT2D eigenvalue weighted by molar-refractivity contribution is 0.199. The standard InChI is InChI=1S/C12H18BrNOS/c1-3-16-11-5-4-10(12(13)8-11)9-14-6-7-15-2/h4-5,8,14H,3,6-7,9H2,1-2H3. The molecule has 90 valence electrons. The number of thioether (sulfide) groups is 1. The van der Waals surface area contributed by atoms with Gasteiger partial charge in [-0.3, -0.25) is 0 Å². The number of methoxy groups -OCH3 is 1. The molecule has 0 fully saturated rings. The van der Waals surface area contributed by atoms with Crippen LogP contribution in [-0.2, 0) is 11.3 Å². The fourth-order valence-electron chi connectivity index (χ4n) is 1.33. The molecule has 0 aliphatic rings. The van der Waals surface area contributed by atoms with Crippen LogP contribution in [0.2, 0.25) is 0 Å². The molecule has 1 aromatic carbocycles. The van der Waals surface area contributed by atoms with Gasteiger partial charge in [0.1, 0.15) is 0 Å². The predicted octanol–water partition coefficient (Wildman–Crippen LogP) is 3.30. The molecular weight excluding hydrogens is 286 g/mol. The van der Waals surface area contributed by atoms with E-state index in [-0.39, 0.29) is 0 Å². The molecule has 0 amide bonds. The van der Waals surface area contributed by atoms with Gasteiger partial charge in [0, 0.05) is 29.6 Å². The molecule has 0 saturated heterocycles. The van der Waals surface area contributed by atoms with Crippen molar-refractivity contribution in [2.24, 2.45) is 0 Å². The van der Waals surface area contributed by atoms with Gasteiger partial charge in [-0.1, -0.05) is 28.9 Å². The minimum absolute atomic E-state index is 0.751. The molecule has 0 unspecified atom stereocenters. The van der Waals surface area contributed by atoms with Crippen LogP contribution >= 0.6 is 27.7 Å². The summed E-state index contributed by atoms with van der Waals surface area (Å²) in [4.78, 5) is 1.31. The van der Waals surface area contributed by atoms with Crippen LogP contribution in [0.5, 0.6) is 0 Å². The molecule has 0 aromatic heterocycles. The monoisotopic (exact) mass is 303 g/mol. The largest absolute Gasteiger partial charge is 0.383 e. The molecule has 2 nitrogen and oxygen atoms in total. The van der Waals surface area contributed by atoms with Gasteiger partial charge in [0.15, 0.2) is 0 Å². The summed E-state index contributed by atoms with van der Waals surface area (Å²) in [5.74, 6) is 1.11. The van der Waals surface area contributed by atoms with E-state index in [0.717, 1.165) is 25.4 Å². The molecule has 0 radical (unpaired) electrons. The van der Waals surface area contributed by atoms with Crippen molar-refractivity contribution in [2.75, 3.05) is 26.0 Å². The Kier molecular flexibility index (Phi) is 7.12. The van der Waals surface area contributed by atoms with Gasteiger partial charge in [0.25, 0.3) is 0 Å². The van der Waals surface area contributed by atoms with E-state index in [1.54, 1.807) is 7.11 Å². The van der Waals surface area contributed by atoms with Crippen LogP contribution in [0.15, 0.2) is 27.6 Å². The highest BCUT2D eigenvalue weighted by Gasteiger charge is 2.01. The van der Waals surface area contributed by atoms with Crippen molar-refractivity contribution in [3.63, 3.8) is 0 Å². The highest BCUT2D eigenvalue weighted by molar-refractivity contribution is 9.10. The molecule has 0 atom stereocenters. The lowest BCUT2D eigenvalue weighted by Crippen LogP contribution is -2.18. The molecule has 1 aromatic rings. The normalized spacial score (nSPS) is 10.7. The SMILES string of the molecule is CCSc1ccc(CNCCOC)c(Br)c1.